The molecule has 0 aromatic carbocycles. The van der Waals surface area contributed by atoms with E-state index in [1.54, 1.807) is 5.57 Å². The summed E-state index contributed by atoms with van der Waals surface area (Å²) in [6.45, 7) is 3.58. The van der Waals surface area contributed by atoms with Crippen LogP contribution < -0.4 is 0 Å². The van der Waals surface area contributed by atoms with Crippen molar-refractivity contribution in [1.29, 1.82) is 0 Å². The van der Waals surface area contributed by atoms with Gasteiger partial charge in [-0.15, -0.1) is 0 Å². The Kier molecular flexibility index (Phi) is 3.24. The molecule has 0 spiro atoms. The van der Waals surface area contributed by atoms with Gasteiger partial charge < -0.3 is 9.47 Å². The molecule has 0 amide bonds. The molecular weight excluding hydrogens is 176 g/mol. The molecule has 1 aliphatic heterocycles. The van der Waals surface area contributed by atoms with Crippen LogP contribution in [0.1, 0.15) is 45.4 Å². The average molecular weight is 196 g/mol. The molecule has 2 nitrogen and oxygen atoms in total. The van der Waals surface area contributed by atoms with Crippen LogP contribution in [-0.4, -0.2) is 19.0 Å². The molecule has 1 heterocycles. The summed E-state index contributed by atoms with van der Waals surface area (Å²) in [5.41, 5.74) is 1.61. The second-order valence-electron chi connectivity index (χ2n) is 4.44. The van der Waals surface area contributed by atoms with Crippen LogP contribution in [0.2, 0.25) is 0 Å². The number of rotatable bonds is 3. The third-order valence-corrected chi connectivity index (χ3v) is 3.18. The van der Waals surface area contributed by atoms with Crippen molar-refractivity contribution >= 4 is 0 Å². The Labute approximate surface area is 86.3 Å². The molecule has 2 heteroatoms. The van der Waals surface area contributed by atoms with Gasteiger partial charge in [0.1, 0.15) is 0 Å². The fraction of sp³-hybridized carbons (Fsp3) is 0.833. The molecule has 1 fully saturated rings. The molecule has 14 heavy (non-hydrogen) atoms. The molecule has 0 atom stereocenters. The fourth-order valence-corrected chi connectivity index (χ4v) is 2.22. The Hall–Kier alpha value is -0.340. The normalized spacial score (nSPS) is 26.2. The summed E-state index contributed by atoms with van der Waals surface area (Å²) < 4.78 is 11.2. The third-order valence-electron chi connectivity index (χ3n) is 3.18. The van der Waals surface area contributed by atoms with E-state index in [1.165, 1.54) is 25.7 Å². The van der Waals surface area contributed by atoms with Crippen molar-refractivity contribution in [3.63, 3.8) is 0 Å². The van der Waals surface area contributed by atoms with E-state index >= 15 is 0 Å². The molecule has 1 saturated heterocycles. The van der Waals surface area contributed by atoms with Gasteiger partial charge in [0.15, 0.2) is 5.79 Å². The molecule has 0 N–H and O–H groups in total. The van der Waals surface area contributed by atoms with Gasteiger partial charge in [-0.25, -0.2) is 0 Å². The van der Waals surface area contributed by atoms with Crippen LogP contribution in [-0.2, 0) is 9.47 Å². The van der Waals surface area contributed by atoms with E-state index < -0.39 is 0 Å². The minimum atomic E-state index is -0.293. The first-order valence-electron chi connectivity index (χ1n) is 5.74. The molecule has 2 rings (SSSR count). The van der Waals surface area contributed by atoms with Crippen molar-refractivity contribution in [3.8, 4) is 0 Å². The van der Waals surface area contributed by atoms with Crippen molar-refractivity contribution in [2.75, 3.05) is 13.2 Å². The quantitative estimate of drug-likeness (QED) is 0.646. The maximum Gasteiger partial charge on any atom is 0.166 e. The molecule has 0 saturated carbocycles. The van der Waals surface area contributed by atoms with Gasteiger partial charge in [0, 0.05) is 6.42 Å². The van der Waals surface area contributed by atoms with E-state index in [0.29, 0.717) is 0 Å². The minimum absolute atomic E-state index is 0.293. The lowest BCUT2D eigenvalue weighted by molar-refractivity contribution is -0.146. The van der Waals surface area contributed by atoms with E-state index in [9.17, 15) is 0 Å². The SMILES string of the molecule is CC1(CCC2=CCCCC2)OCCO1. The molecule has 0 bridgehead atoms. The molecule has 0 aromatic heterocycles. The first-order chi connectivity index (χ1) is 6.79. The summed E-state index contributed by atoms with van der Waals surface area (Å²) in [4.78, 5) is 0. The molecule has 0 radical (unpaired) electrons. The summed E-state index contributed by atoms with van der Waals surface area (Å²) in [5.74, 6) is -0.293. The zero-order chi connectivity index (χ0) is 9.86. The van der Waals surface area contributed by atoms with Crippen molar-refractivity contribution in [1.82, 2.24) is 0 Å². The maximum absolute atomic E-state index is 5.58. The number of hydrogen-bond donors (Lipinski definition) is 0. The van der Waals surface area contributed by atoms with E-state index in [4.69, 9.17) is 9.47 Å². The van der Waals surface area contributed by atoms with Crippen molar-refractivity contribution in [2.24, 2.45) is 0 Å². The lowest BCUT2D eigenvalue weighted by Gasteiger charge is -2.23. The van der Waals surface area contributed by atoms with Crippen LogP contribution in [0.15, 0.2) is 11.6 Å². The average Bonchev–Trinajstić information content (AvgIpc) is 2.65. The summed E-state index contributed by atoms with van der Waals surface area (Å²) in [6.07, 6.45) is 9.86. The zero-order valence-corrected chi connectivity index (χ0v) is 9.05. The van der Waals surface area contributed by atoms with Crippen LogP contribution in [0, 0.1) is 0 Å². The molecule has 0 unspecified atom stereocenters. The predicted molar refractivity (Wildman–Crippen MR) is 56.1 cm³/mol. The van der Waals surface area contributed by atoms with Crippen LogP contribution in [0.4, 0.5) is 0 Å². The first-order valence-corrected chi connectivity index (χ1v) is 5.74. The zero-order valence-electron chi connectivity index (χ0n) is 9.05. The third kappa shape index (κ3) is 2.58. The highest BCUT2D eigenvalue weighted by Crippen LogP contribution is 2.29. The lowest BCUT2D eigenvalue weighted by Crippen LogP contribution is -2.25. The van der Waals surface area contributed by atoms with Crippen molar-refractivity contribution in [3.05, 3.63) is 11.6 Å². The number of hydrogen-bond acceptors (Lipinski definition) is 2. The summed E-state index contributed by atoms with van der Waals surface area (Å²) in [7, 11) is 0. The minimum Gasteiger partial charge on any atom is -0.348 e. The Morgan fingerprint density at radius 3 is 2.71 bits per heavy atom. The van der Waals surface area contributed by atoms with E-state index in [2.05, 4.69) is 13.0 Å². The van der Waals surface area contributed by atoms with Gasteiger partial charge in [0.25, 0.3) is 0 Å². The van der Waals surface area contributed by atoms with Gasteiger partial charge in [-0.3, -0.25) is 0 Å². The van der Waals surface area contributed by atoms with Crippen LogP contribution >= 0.6 is 0 Å². The van der Waals surface area contributed by atoms with Gasteiger partial charge >= 0.3 is 0 Å². The highest BCUT2D eigenvalue weighted by atomic mass is 16.7. The van der Waals surface area contributed by atoms with Gasteiger partial charge in [-0.1, -0.05) is 11.6 Å². The van der Waals surface area contributed by atoms with E-state index in [-0.39, 0.29) is 5.79 Å². The largest absolute Gasteiger partial charge is 0.348 e. The summed E-state index contributed by atoms with van der Waals surface area (Å²) in [6, 6.07) is 0. The van der Waals surface area contributed by atoms with Gasteiger partial charge in [0.05, 0.1) is 13.2 Å². The van der Waals surface area contributed by atoms with Gasteiger partial charge in [-0.05, 0) is 39.0 Å². The second-order valence-corrected chi connectivity index (χ2v) is 4.44. The summed E-state index contributed by atoms with van der Waals surface area (Å²) >= 11 is 0. The monoisotopic (exact) mass is 196 g/mol. The maximum atomic E-state index is 5.58. The smallest absolute Gasteiger partial charge is 0.166 e. The molecule has 0 aromatic rings. The molecular formula is C12H20O2. The highest BCUT2D eigenvalue weighted by molar-refractivity contribution is 5.05. The van der Waals surface area contributed by atoms with Gasteiger partial charge in [-0.2, -0.15) is 0 Å². The Morgan fingerprint density at radius 2 is 2.07 bits per heavy atom. The van der Waals surface area contributed by atoms with Crippen LogP contribution in [0.5, 0.6) is 0 Å². The van der Waals surface area contributed by atoms with Gasteiger partial charge in [0.2, 0.25) is 0 Å². The van der Waals surface area contributed by atoms with E-state index in [0.717, 1.165) is 26.1 Å². The first kappa shape index (κ1) is 10.2. The lowest BCUT2D eigenvalue weighted by atomic mass is 9.94. The fourth-order valence-electron chi connectivity index (χ4n) is 2.22. The van der Waals surface area contributed by atoms with Crippen molar-refractivity contribution < 1.29 is 9.47 Å². The topological polar surface area (TPSA) is 18.5 Å². The molecule has 80 valence electrons. The number of allylic oxidation sites excluding steroid dienone is 2. The molecule has 2 aliphatic rings. The Bertz CT molecular complexity index is 214. The van der Waals surface area contributed by atoms with Crippen LogP contribution in [0.25, 0.3) is 0 Å². The standard InChI is InChI=1S/C12H20O2/c1-12(13-9-10-14-12)8-7-11-5-3-2-4-6-11/h5H,2-4,6-10H2,1H3. The van der Waals surface area contributed by atoms with Crippen molar-refractivity contribution in [2.45, 2.75) is 51.2 Å². The molecule has 1 aliphatic carbocycles. The Morgan fingerprint density at radius 1 is 1.29 bits per heavy atom. The summed E-state index contributed by atoms with van der Waals surface area (Å²) in [5, 5.41) is 0. The Balaban J connectivity index is 1.78. The second kappa shape index (κ2) is 4.45. The van der Waals surface area contributed by atoms with Crippen LogP contribution in [0.3, 0.4) is 0 Å². The van der Waals surface area contributed by atoms with E-state index in [1.807, 2.05) is 0 Å². The number of ether oxygens (including phenoxy) is 2. The predicted octanol–water partition coefficient (Wildman–Crippen LogP) is 3.03. The highest BCUT2D eigenvalue weighted by Gasteiger charge is 2.30.